The summed E-state index contributed by atoms with van der Waals surface area (Å²) in [5.41, 5.74) is 1.22. The summed E-state index contributed by atoms with van der Waals surface area (Å²) in [5.74, 6) is 0.446. The topological polar surface area (TPSA) is 73.3 Å². The van der Waals surface area contributed by atoms with Gasteiger partial charge in [0.05, 0.1) is 14.2 Å². The molecule has 0 fully saturated rings. The second-order valence-corrected chi connectivity index (χ2v) is 7.49. The second-order valence-electron chi connectivity index (χ2n) is 6.08. The minimum atomic E-state index is -0.383. The highest BCUT2D eigenvalue weighted by Crippen LogP contribution is 2.34. The molecule has 0 atom stereocenters. The van der Waals surface area contributed by atoms with Gasteiger partial charge in [0.1, 0.15) is 22.1 Å². The molecule has 0 bridgehead atoms. The molecule has 0 aliphatic heterocycles. The van der Waals surface area contributed by atoms with E-state index in [-0.39, 0.29) is 5.91 Å². The Kier molecular flexibility index (Phi) is 5.33. The third kappa shape index (κ3) is 3.74. The van der Waals surface area contributed by atoms with Crippen LogP contribution in [0.4, 0.5) is 5.13 Å². The van der Waals surface area contributed by atoms with Crippen molar-refractivity contribution in [3.63, 3.8) is 0 Å². The van der Waals surface area contributed by atoms with Gasteiger partial charge < -0.3 is 9.47 Å². The zero-order chi connectivity index (χ0) is 20.4. The van der Waals surface area contributed by atoms with Gasteiger partial charge >= 0.3 is 0 Å². The number of halogens is 1. The molecule has 1 N–H and O–H groups in total. The number of methoxy groups -OCH3 is 2. The zero-order valence-electron chi connectivity index (χ0n) is 15.6. The Hall–Kier alpha value is -3.16. The standard InChI is InChI=1S/C21H16ClN3O3S/c1-27-16-7-4-8-17(28-2)18(16)19(26)23-21-25-24-20(29-21)15-6-3-5-12-11-13(22)9-10-14(12)15/h3-11H,1-2H3,(H,23,25,26). The minimum Gasteiger partial charge on any atom is -0.496 e. The molecule has 1 heterocycles. The maximum Gasteiger partial charge on any atom is 0.265 e. The van der Waals surface area contributed by atoms with Crippen LogP contribution in [0.2, 0.25) is 5.02 Å². The highest BCUT2D eigenvalue weighted by atomic mass is 35.5. The van der Waals surface area contributed by atoms with E-state index in [1.807, 2.05) is 36.4 Å². The van der Waals surface area contributed by atoms with Gasteiger partial charge in [-0.15, -0.1) is 10.2 Å². The van der Waals surface area contributed by atoms with Gasteiger partial charge in [0, 0.05) is 10.6 Å². The van der Waals surface area contributed by atoms with E-state index in [9.17, 15) is 4.79 Å². The number of carbonyl (C=O) groups is 1. The lowest BCUT2D eigenvalue weighted by Crippen LogP contribution is -2.14. The van der Waals surface area contributed by atoms with Crippen LogP contribution in [-0.4, -0.2) is 30.3 Å². The molecule has 29 heavy (non-hydrogen) atoms. The monoisotopic (exact) mass is 425 g/mol. The predicted molar refractivity (Wildman–Crippen MR) is 115 cm³/mol. The molecule has 0 saturated carbocycles. The maximum atomic E-state index is 12.8. The molecule has 0 aliphatic rings. The maximum absolute atomic E-state index is 12.8. The van der Waals surface area contributed by atoms with Crippen molar-refractivity contribution >= 4 is 44.7 Å². The van der Waals surface area contributed by atoms with E-state index in [1.54, 1.807) is 18.2 Å². The van der Waals surface area contributed by atoms with E-state index >= 15 is 0 Å². The van der Waals surface area contributed by atoms with Crippen molar-refractivity contribution in [1.29, 1.82) is 0 Å². The molecule has 6 nitrogen and oxygen atoms in total. The summed E-state index contributed by atoms with van der Waals surface area (Å²) in [6.45, 7) is 0. The van der Waals surface area contributed by atoms with Gasteiger partial charge in [-0.1, -0.05) is 53.3 Å². The fourth-order valence-corrected chi connectivity index (χ4v) is 4.02. The Bertz CT molecular complexity index is 1190. The van der Waals surface area contributed by atoms with Gasteiger partial charge in [0.15, 0.2) is 0 Å². The van der Waals surface area contributed by atoms with Crippen LogP contribution >= 0.6 is 22.9 Å². The van der Waals surface area contributed by atoms with Crippen LogP contribution in [-0.2, 0) is 0 Å². The lowest BCUT2D eigenvalue weighted by atomic mass is 10.1. The van der Waals surface area contributed by atoms with Gasteiger partial charge in [0.25, 0.3) is 5.91 Å². The summed E-state index contributed by atoms with van der Waals surface area (Å²) in [6.07, 6.45) is 0. The number of amides is 1. The van der Waals surface area contributed by atoms with Gasteiger partial charge in [-0.3, -0.25) is 10.1 Å². The molecule has 0 spiro atoms. The largest absolute Gasteiger partial charge is 0.496 e. The lowest BCUT2D eigenvalue weighted by molar-refractivity contribution is 0.102. The highest BCUT2D eigenvalue weighted by molar-refractivity contribution is 7.18. The Balaban J connectivity index is 1.66. The van der Waals surface area contributed by atoms with Gasteiger partial charge in [0.2, 0.25) is 5.13 Å². The van der Waals surface area contributed by atoms with E-state index in [0.29, 0.717) is 32.2 Å². The summed E-state index contributed by atoms with van der Waals surface area (Å²) in [6, 6.07) is 16.7. The van der Waals surface area contributed by atoms with Crippen molar-refractivity contribution in [2.24, 2.45) is 0 Å². The Morgan fingerprint density at radius 2 is 1.72 bits per heavy atom. The van der Waals surface area contributed by atoms with Crippen molar-refractivity contribution in [2.75, 3.05) is 19.5 Å². The van der Waals surface area contributed by atoms with Crippen molar-refractivity contribution in [1.82, 2.24) is 10.2 Å². The number of aromatic nitrogens is 2. The summed E-state index contributed by atoms with van der Waals surface area (Å²) in [4.78, 5) is 12.8. The number of nitrogens with one attached hydrogen (secondary N) is 1. The van der Waals surface area contributed by atoms with E-state index in [0.717, 1.165) is 16.3 Å². The van der Waals surface area contributed by atoms with Crippen LogP contribution < -0.4 is 14.8 Å². The molecule has 0 saturated heterocycles. The summed E-state index contributed by atoms with van der Waals surface area (Å²) in [7, 11) is 3.00. The molecule has 0 aliphatic carbocycles. The van der Waals surface area contributed by atoms with Crippen LogP contribution in [0.1, 0.15) is 10.4 Å². The third-order valence-electron chi connectivity index (χ3n) is 4.37. The minimum absolute atomic E-state index is 0.300. The molecule has 4 rings (SSSR count). The van der Waals surface area contributed by atoms with Crippen LogP contribution in [0.3, 0.4) is 0 Å². The average molecular weight is 426 g/mol. The SMILES string of the molecule is COc1cccc(OC)c1C(=O)Nc1nnc(-c2cccc3cc(Cl)ccc23)s1. The first-order valence-corrected chi connectivity index (χ1v) is 9.84. The smallest absolute Gasteiger partial charge is 0.265 e. The normalized spacial score (nSPS) is 10.7. The van der Waals surface area contributed by atoms with Crippen LogP contribution in [0.25, 0.3) is 21.3 Å². The fourth-order valence-electron chi connectivity index (χ4n) is 3.06. The summed E-state index contributed by atoms with van der Waals surface area (Å²) >= 11 is 7.38. The van der Waals surface area contributed by atoms with Crippen molar-refractivity contribution < 1.29 is 14.3 Å². The van der Waals surface area contributed by atoms with Gasteiger partial charge in [-0.05, 0) is 35.0 Å². The Morgan fingerprint density at radius 3 is 2.45 bits per heavy atom. The molecule has 1 amide bonds. The molecule has 0 unspecified atom stereocenters. The van der Waals surface area contributed by atoms with Crippen molar-refractivity contribution in [3.05, 3.63) is 65.2 Å². The molecular weight excluding hydrogens is 410 g/mol. The number of anilines is 1. The molecule has 3 aromatic carbocycles. The number of ether oxygens (including phenoxy) is 2. The molecule has 1 aromatic heterocycles. The Labute approximate surface area is 176 Å². The summed E-state index contributed by atoms with van der Waals surface area (Å²) in [5, 5.41) is 14.9. The number of benzene rings is 3. The number of rotatable bonds is 5. The van der Waals surface area contributed by atoms with Gasteiger partial charge in [-0.25, -0.2) is 0 Å². The van der Waals surface area contributed by atoms with Gasteiger partial charge in [-0.2, -0.15) is 0 Å². The van der Waals surface area contributed by atoms with E-state index in [4.69, 9.17) is 21.1 Å². The molecule has 8 heteroatoms. The number of nitrogens with zero attached hydrogens (tertiary/aromatic N) is 2. The van der Waals surface area contributed by atoms with E-state index < -0.39 is 0 Å². The number of hydrogen-bond donors (Lipinski definition) is 1. The van der Waals surface area contributed by atoms with Crippen LogP contribution in [0.15, 0.2) is 54.6 Å². The molecule has 146 valence electrons. The third-order valence-corrected chi connectivity index (χ3v) is 5.48. The zero-order valence-corrected chi connectivity index (χ0v) is 17.2. The quantitative estimate of drug-likeness (QED) is 0.470. The highest BCUT2D eigenvalue weighted by Gasteiger charge is 2.20. The van der Waals surface area contributed by atoms with E-state index in [2.05, 4.69) is 15.5 Å². The number of hydrogen-bond acceptors (Lipinski definition) is 6. The van der Waals surface area contributed by atoms with Crippen molar-refractivity contribution in [3.8, 4) is 22.1 Å². The second kappa shape index (κ2) is 8.06. The number of fused-ring (bicyclic) bond motifs is 1. The van der Waals surface area contributed by atoms with Crippen LogP contribution in [0, 0.1) is 0 Å². The first-order valence-electron chi connectivity index (χ1n) is 8.65. The molecule has 0 radical (unpaired) electrons. The fraction of sp³-hybridized carbons (Fsp3) is 0.0952. The van der Waals surface area contributed by atoms with E-state index in [1.165, 1.54) is 25.6 Å². The number of carbonyl (C=O) groups excluding carboxylic acids is 1. The lowest BCUT2D eigenvalue weighted by Gasteiger charge is -2.11. The summed E-state index contributed by atoms with van der Waals surface area (Å²) < 4.78 is 10.6. The first kappa shape index (κ1) is 19.2. The van der Waals surface area contributed by atoms with Crippen LogP contribution in [0.5, 0.6) is 11.5 Å². The molecular formula is C21H16ClN3O3S. The Morgan fingerprint density at radius 1 is 1.00 bits per heavy atom. The predicted octanol–water partition coefficient (Wildman–Crippen LogP) is 5.28. The molecule has 4 aromatic rings. The first-order chi connectivity index (χ1) is 14.1. The average Bonchev–Trinajstić information content (AvgIpc) is 3.20. The van der Waals surface area contributed by atoms with Crippen molar-refractivity contribution in [2.45, 2.75) is 0 Å².